The molecule has 230 valence electrons. The first-order valence-corrected chi connectivity index (χ1v) is 16.5. The molecule has 2 unspecified atom stereocenters. The molecule has 1 N–H and O–H groups in total. The number of aromatic hydroxyl groups is 1. The van der Waals surface area contributed by atoms with Crippen LogP contribution in [-0.4, -0.2) is 33.3 Å². The van der Waals surface area contributed by atoms with Gasteiger partial charge in [-0.1, -0.05) is 49.6 Å². The van der Waals surface area contributed by atoms with E-state index in [0.29, 0.717) is 29.7 Å². The molecule has 3 aliphatic carbocycles. The maximum absolute atomic E-state index is 15.9. The first kappa shape index (κ1) is 27.3. The lowest BCUT2D eigenvalue weighted by atomic mass is 9.67. The Morgan fingerprint density at radius 3 is 2.56 bits per heavy atom. The van der Waals surface area contributed by atoms with Gasteiger partial charge in [0.15, 0.2) is 11.4 Å². The second-order valence-corrected chi connectivity index (χ2v) is 14.2. The Morgan fingerprint density at radius 2 is 1.73 bits per heavy atom. The topological polar surface area (TPSA) is 65.8 Å². The van der Waals surface area contributed by atoms with Crippen molar-refractivity contribution in [2.75, 3.05) is 11.6 Å². The summed E-state index contributed by atoms with van der Waals surface area (Å²) < 4.78 is 49.0. The van der Waals surface area contributed by atoms with Crippen LogP contribution in [0.4, 0.5) is 13.2 Å². The van der Waals surface area contributed by atoms with Gasteiger partial charge < -0.3 is 10.0 Å². The summed E-state index contributed by atoms with van der Waals surface area (Å²) >= 11 is 1.39. The SMILES string of the molecule is O=C1c2c(O)c(=O)ccn2N(C2c3ccccc3-c3scc4c3-c3c2ccc(F)c3C(F)(F)C4)C2CC3(CCCCC3)CCN12. The molecular weight excluding hydrogens is 599 g/mol. The lowest BCUT2D eigenvalue weighted by Gasteiger charge is -2.56. The van der Waals surface area contributed by atoms with Gasteiger partial charge in [-0.05, 0) is 64.8 Å². The first-order valence-electron chi connectivity index (χ1n) is 15.6. The number of benzene rings is 2. The van der Waals surface area contributed by atoms with Crippen LogP contribution in [0.25, 0.3) is 21.6 Å². The van der Waals surface area contributed by atoms with E-state index >= 15 is 13.2 Å². The minimum Gasteiger partial charge on any atom is -0.502 e. The largest absolute Gasteiger partial charge is 0.502 e. The normalized spacial score (nSPS) is 23.6. The van der Waals surface area contributed by atoms with E-state index in [1.165, 1.54) is 30.0 Å². The smallest absolute Gasteiger partial charge is 0.280 e. The van der Waals surface area contributed by atoms with Crippen molar-refractivity contribution in [3.63, 3.8) is 0 Å². The Bertz CT molecular complexity index is 2000. The number of pyridine rings is 1. The quantitative estimate of drug-likeness (QED) is 0.240. The van der Waals surface area contributed by atoms with Crippen molar-refractivity contribution in [1.82, 2.24) is 9.58 Å². The number of carbonyl (C=O) groups excluding carboxylic acids is 1. The van der Waals surface area contributed by atoms with Gasteiger partial charge in [-0.15, -0.1) is 11.3 Å². The van der Waals surface area contributed by atoms with Gasteiger partial charge in [0.2, 0.25) is 5.43 Å². The highest BCUT2D eigenvalue weighted by atomic mass is 32.1. The molecule has 0 bridgehead atoms. The van der Waals surface area contributed by atoms with Crippen LogP contribution in [0.5, 0.6) is 5.75 Å². The van der Waals surface area contributed by atoms with Crippen molar-refractivity contribution < 1.29 is 23.1 Å². The molecule has 1 amide bonds. The number of hydrogen-bond acceptors (Lipinski definition) is 5. The summed E-state index contributed by atoms with van der Waals surface area (Å²) in [5.74, 6) is -5.42. The van der Waals surface area contributed by atoms with E-state index in [1.54, 1.807) is 21.0 Å². The Labute approximate surface area is 261 Å². The third-order valence-electron chi connectivity index (χ3n) is 11.0. The van der Waals surface area contributed by atoms with E-state index < -0.39 is 53.0 Å². The number of nitrogens with zero attached hydrogens (tertiary/aromatic N) is 3. The summed E-state index contributed by atoms with van der Waals surface area (Å²) in [7, 11) is 0. The summed E-state index contributed by atoms with van der Waals surface area (Å²) in [6, 6.07) is 11.0. The number of rotatable bonds is 1. The van der Waals surface area contributed by atoms with Crippen molar-refractivity contribution in [2.24, 2.45) is 5.41 Å². The highest BCUT2D eigenvalue weighted by Crippen LogP contribution is 2.59. The second-order valence-electron chi connectivity index (χ2n) is 13.3. The third kappa shape index (κ3) is 3.63. The van der Waals surface area contributed by atoms with Gasteiger partial charge in [-0.25, -0.2) is 13.2 Å². The summed E-state index contributed by atoms with van der Waals surface area (Å²) in [6.45, 7) is 0.452. The van der Waals surface area contributed by atoms with Gasteiger partial charge >= 0.3 is 0 Å². The zero-order valence-corrected chi connectivity index (χ0v) is 25.2. The Morgan fingerprint density at radius 1 is 0.933 bits per heavy atom. The number of fused-ring (bicyclic) bond motifs is 4. The van der Waals surface area contributed by atoms with E-state index in [-0.39, 0.29) is 16.7 Å². The molecular formula is C35H30F3N3O3S. The van der Waals surface area contributed by atoms with Gasteiger partial charge in [0.05, 0.1) is 11.6 Å². The van der Waals surface area contributed by atoms with Crippen LogP contribution in [0.2, 0.25) is 0 Å². The third-order valence-corrected chi connectivity index (χ3v) is 12.0. The lowest BCUT2D eigenvalue weighted by molar-refractivity contribution is -0.00828. The number of amides is 1. The molecule has 2 aromatic heterocycles. The fraction of sp³-hybridized carbons (Fsp3) is 0.371. The van der Waals surface area contributed by atoms with Crippen LogP contribution in [0, 0.1) is 11.2 Å². The zero-order valence-electron chi connectivity index (χ0n) is 24.4. The number of hydrogen-bond donors (Lipinski definition) is 1. The molecule has 1 saturated carbocycles. The van der Waals surface area contributed by atoms with Crippen LogP contribution in [-0.2, 0) is 12.3 Å². The molecule has 4 heterocycles. The Balaban J connectivity index is 1.37. The van der Waals surface area contributed by atoms with Gasteiger partial charge in [-0.2, -0.15) is 0 Å². The maximum atomic E-state index is 15.9. The van der Waals surface area contributed by atoms with Crippen molar-refractivity contribution in [2.45, 2.75) is 69.5 Å². The molecule has 2 aliphatic heterocycles. The van der Waals surface area contributed by atoms with Gasteiger partial charge in [-0.3, -0.25) is 19.3 Å². The molecule has 5 aliphatic rings. The van der Waals surface area contributed by atoms with Crippen LogP contribution >= 0.6 is 11.3 Å². The van der Waals surface area contributed by atoms with E-state index in [0.717, 1.165) is 54.2 Å². The minimum absolute atomic E-state index is 0.0157. The lowest BCUT2D eigenvalue weighted by Crippen LogP contribution is -2.66. The number of piperidine rings is 1. The van der Waals surface area contributed by atoms with E-state index in [2.05, 4.69) is 0 Å². The fourth-order valence-electron chi connectivity index (χ4n) is 8.99. The second kappa shape index (κ2) is 9.25. The summed E-state index contributed by atoms with van der Waals surface area (Å²) in [6.07, 6.45) is 7.41. The molecule has 45 heavy (non-hydrogen) atoms. The monoisotopic (exact) mass is 629 g/mol. The van der Waals surface area contributed by atoms with Gasteiger partial charge in [0, 0.05) is 41.2 Å². The van der Waals surface area contributed by atoms with E-state index in [1.807, 2.05) is 29.3 Å². The summed E-state index contributed by atoms with van der Waals surface area (Å²) in [5, 5.41) is 14.8. The molecule has 0 radical (unpaired) electrons. The summed E-state index contributed by atoms with van der Waals surface area (Å²) in [5.41, 5.74) is 2.16. The van der Waals surface area contributed by atoms with Crippen LogP contribution in [0.1, 0.15) is 83.7 Å². The van der Waals surface area contributed by atoms with Crippen molar-refractivity contribution in [3.05, 3.63) is 98.0 Å². The number of aromatic nitrogens is 1. The molecule has 1 saturated heterocycles. The van der Waals surface area contributed by atoms with Gasteiger partial charge in [0.1, 0.15) is 12.0 Å². The Hall–Kier alpha value is -4.05. The van der Waals surface area contributed by atoms with Crippen LogP contribution < -0.4 is 10.4 Å². The number of thiophene rings is 1. The summed E-state index contributed by atoms with van der Waals surface area (Å²) in [4.78, 5) is 29.4. The van der Waals surface area contributed by atoms with Crippen LogP contribution in [0.15, 0.2) is 58.8 Å². The highest BCUT2D eigenvalue weighted by molar-refractivity contribution is 7.14. The predicted octanol–water partition coefficient (Wildman–Crippen LogP) is 7.30. The number of halogens is 3. The molecule has 2 atom stereocenters. The average Bonchev–Trinajstić information content (AvgIpc) is 3.39. The fourth-order valence-corrected chi connectivity index (χ4v) is 10.1. The Kier molecular flexibility index (Phi) is 5.61. The first-order chi connectivity index (χ1) is 21.7. The number of carbonyl (C=O) groups is 1. The molecule has 1 spiro atoms. The molecule has 4 aromatic rings. The molecule has 2 fully saturated rings. The van der Waals surface area contributed by atoms with Gasteiger partial charge in [0.25, 0.3) is 11.8 Å². The van der Waals surface area contributed by atoms with Crippen molar-refractivity contribution in [3.8, 4) is 27.3 Å². The standard InChI is InChI=1S/C35H30F3N3O3S/c36-23-9-8-22-27-26-19(16-35(37,38)28(23)27)18-45-32(26)21-7-3-2-6-20(21)29(22)41-25-17-34(11-4-1-5-12-34)13-15-39(25)33(44)30-31(43)24(42)10-14-40(30)41/h2-3,6-10,14,18,25,29,43H,1,4-5,11-13,15-17H2. The average molecular weight is 630 g/mol. The zero-order chi connectivity index (χ0) is 30.8. The van der Waals surface area contributed by atoms with E-state index in [4.69, 9.17) is 0 Å². The van der Waals surface area contributed by atoms with E-state index in [9.17, 15) is 14.7 Å². The minimum atomic E-state index is -3.41. The molecule has 2 aromatic carbocycles. The molecule has 9 rings (SSSR count). The maximum Gasteiger partial charge on any atom is 0.280 e. The van der Waals surface area contributed by atoms with Crippen LogP contribution in [0.3, 0.4) is 0 Å². The predicted molar refractivity (Wildman–Crippen MR) is 165 cm³/mol. The van der Waals surface area contributed by atoms with Crippen molar-refractivity contribution in [1.29, 1.82) is 0 Å². The molecule has 10 heteroatoms. The van der Waals surface area contributed by atoms with Crippen molar-refractivity contribution >= 4 is 17.2 Å². The number of alkyl halides is 2. The molecule has 6 nitrogen and oxygen atoms in total. The highest BCUT2D eigenvalue weighted by Gasteiger charge is 2.53.